The van der Waals surface area contributed by atoms with E-state index >= 15 is 0 Å². The number of nitrogens with zero attached hydrogens (tertiary/aromatic N) is 2. The van der Waals surface area contributed by atoms with Gasteiger partial charge in [0, 0.05) is 12.5 Å². The molecule has 0 bridgehead atoms. The van der Waals surface area contributed by atoms with E-state index < -0.39 is 0 Å². The maximum absolute atomic E-state index is 13.9. The van der Waals surface area contributed by atoms with Gasteiger partial charge < -0.3 is 9.67 Å². The van der Waals surface area contributed by atoms with E-state index in [0.29, 0.717) is 18.0 Å². The summed E-state index contributed by atoms with van der Waals surface area (Å²) in [6, 6.07) is 12.7. The van der Waals surface area contributed by atoms with E-state index in [4.69, 9.17) is 0 Å². The van der Waals surface area contributed by atoms with Crippen LogP contribution >= 0.6 is 0 Å². The summed E-state index contributed by atoms with van der Waals surface area (Å²) in [5, 5.41) is 9.36. The highest BCUT2D eigenvalue weighted by atomic mass is 19.1. The summed E-state index contributed by atoms with van der Waals surface area (Å²) in [5.41, 5.74) is 2.40. The Kier molecular flexibility index (Phi) is 2.70. The average Bonchev–Trinajstić information content (AvgIpc) is 3.24. The zero-order valence-corrected chi connectivity index (χ0v) is 11.5. The zero-order chi connectivity index (χ0) is 14.4. The topological polar surface area (TPSA) is 38.1 Å². The van der Waals surface area contributed by atoms with Gasteiger partial charge in [0.2, 0.25) is 0 Å². The number of aromatic hydroxyl groups is 1. The van der Waals surface area contributed by atoms with Crippen molar-refractivity contribution in [1.29, 1.82) is 0 Å². The molecular weight excluding hydrogens is 267 g/mol. The SMILES string of the molecule is Oc1ccc(Cc2nc3c(F)cccc3n2C2CC2)cc1. The van der Waals surface area contributed by atoms with Crippen LogP contribution in [0.4, 0.5) is 4.39 Å². The van der Waals surface area contributed by atoms with Gasteiger partial charge in [-0.25, -0.2) is 9.37 Å². The van der Waals surface area contributed by atoms with Crippen molar-refractivity contribution in [2.75, 3.05) is 0 Å². The molecular formula is C17H15FN2O. The predicted octanol–water partition coefficient (Wildman–Crippen LogP) is 3.81. The van der Waals surface area contributed by atoms with Crippen molar-refractivity contribution in [1.82, 2.24) is 9.55 Å². The summed E-state index contributed by atoms with van der Waals surface area (Å²) in [6.45, 7) is 0. The number of para-hydroxylation sites is 1. The fourth-order valence-electron chi connectivity index (χ4n) is 2.79. The summed E-state index contributed by atoms with van der Waals surface area (Å²) in [4.78, 5) is 4.52. The molecule has 3 nitrogen and oxygen atoms in total. The lowest BCUT2D eigenvalue weighted by molar-refractivity contribution is 0.475. The zero-order valence-electron chi connectivity index (χ0n) is 11.5. The van der Waals surface area contributed by atoms with Gasteiger partial charge in [-0.2, -0.15) is 0 Å². The van der Waals surface area contributed by atoms with Gasteiger partial charge in [-0.05, 0) is 42.7 Å². The highest BCUT2D eigenvalue weighted by molar-refractivity contribution is 5.77. The third-order valence-corrected chi connectivity index (χ3v) is 3.95. The van der Waals surface area contributed by atoms with Crippen LogP contribution in [0.2, 0.25) is 0 Å². The fourth-order valence-corrected chi connectivity index (χ4v) is 2.79. The Bertz CT molecular complexity index is 804. The molecule has 106 valence electrons. The molecule has 1 fully saturated rings. The molecule has 1 aromatic heterocycles. The maximum atomic E-state index is 13.9. The molecule has 3 aromatic rings. The Hall–Kier alpha value is -2.36. The molecule has 2 aromatic carbocycles. The van der Waals surface area contributed by atoms with Crippen LogP contribution < -0.4 is 0 Å². The second-order valence-electron chi connectivity index (χ2n) is 5.58. The van der Waals surface area contributed by atoms with Crippen LogP contribution in [0.15, 0.2) is 42.5 Å². The van der Waals surface area contributed by atoms with E-state index in [1.807, 2.05) is 18.2 Å². The monoisotopic (exact) mass is 282 g/mol. The first kappa shape index (κ1) is 12.4. The van der Waals surface area contributed by atoms with Crippen molar-refractivity contribution in [3.63, 3.8) is 0 Å². The summed E-state index contributed by atoms with van der Waals surface area (Å²) >= 11 is 0. The Morgan fingerprint density at radius 2 is 1.90 bits per heavy atom. The third kappa shape index (κ3) is 2.17. The fraction of sp³-hybridized carbons (Fsp3) is 0.235. The van der Waals surface area contributed by atoms with Crippen LogP contribution in [0, 0.1) is 5.82 Å². The minimum Gasteiger partial charge on any atom is -0.508 e. The number of halogens is 1. The van der Waals surface area contributed by atoms with Crippen molar-refractivity contribution in [3.8, 4) is 5.75 Å². The quantitative estimate of drug-likeness (QED) is 0.793. The Labute approximate surface area is 121 Å². The Morgan fingerprint density at radius 3 is 2.62 bits per heavy atom. The van der Waals surface area contributed by atoms with Gasteiger partial charge in [-0.3, -0.25) is 0 Å². The van der Waals surface area contributed by atoms with Gasteiger partial charge in [0.15, 0.2) is 5.82 Å². The van der Waals surface area contributed by atoms with Crippen LogP contribution in [0.25, 0.3) is 11.0 Å². The largest absolute Gasteiger partial charge is 0.508 e. The average molecular weight is 282 g/mol. The first-order valence-electron chi connectivity index (χ1n) is 7.15. The number of hydrogen-bond acceptors (Lipinski definition) is 2. The van der Waals surface area contributed by atoms with Crippen molar-refractivity contribution < 1.29 is 9.50 Å². The van der Waals surface area contributed by atoms with Crippen LogP contribution in [0.1, 0.15) is 30.3 Å². The molecule has 0 saturated heterocycles. The van der Waals surface area contributed by atoms with Crippen molar-refractivity contribution >= 4 is 11.0 Å². The smallest absolute Gasteiger partial charge is 0.151 e. The molecule has 0 unspecified atom stereocenters. The maximum Gasteiger partial charge on any atom is 0.151 e. The van der Waals surface area contributed by atoms with Crippen molar-refractivity contribution in [2.24, 2.45) is 0 Å². The predicted molar refractivity (Wildman–Crippen MR) is 78.9 cm³/mol. The molecule has 0 amide bonds. The van der Waals surface area contributed by atoms with Gasteiger partial charge in [-0.15, -0.1) is 0 Å². The molecule has 4 rings (SSSR count). The lowest BCUT2D eigenvalue weighted by Crippen LogP contribution is -2.02. The number of phenolic OH excluding ortho intramolecular Hbond substituents is 1. The van der Waals surface area contributed by atoms with Gasteiger partial charge in [0.1, 0.15) is 17.1 Å². The molecule has 0 atom stereocenters. The number of aromatic nitrogens is 2. The van der Waals surface area contributed by atoms with E-state index in [9.17, 15) is 9.50 Å². The van der Waals surface area contributed by atoms with E-state index in [0.717, 1.165) is 29.7 Å². The highest BCUT2D eigenvalue weighted by Crippen LogP contribution is 2.39. The molecule has 1 aliphatic rings. The first-order chi connectivity index (χ1) is 10.2. The molecule has 0 radical (unpaired) electrons. The second-order valence-corrected chi connectivity index (χ2v) is 5.58. The molecule has 1 aliphatic carbocycles. The lowest BCUT2D eigenvalue weighted by Gasteiger charge is -2.07. The number of rotatable bonds is 3. The number of fused-ring (bicyclic) bond motifs is 1. The minimum absolute atomic E-state index is 0.250. The van der Waals surface area contributed by atoms with Gasteiger partial charge in [0.05, 0.1) is 5.52 Å². The summed E-state index contributed by atoms with van der Waals surface area (Å²) in [7, 11) is 0. The van der Waals surface area contributed by atoms with Gasteiger partial charge >= 0.3 is 0 Å². The number of phenols is 1. The van der Waals surface area contributed by atoms with E-state index in [-0.39, 0.29) is 11.6 Å². The summed E-state index contributed by atoms with van der Waals surface area (Å²) < 4.78 is 16.1. The molecule has 0 aliphatic heterocycles. The molecule has 1 saturated carbocycles. The van der Waals surface area contributed by atoms with Crippen molar-refractivity contribution in [3.05, 3.63) is 59.7 Å². The Morgan fingerprint density at radius 1 is 1.14 bits per heavy atom. The second kappa shape index (κ2) is 4.58. The molecule has 21 heavy (non-hydrogen) atoms. The summed E-state index contributed by atoms with van der Waals surface area (Å²) in [5.74, 6) is 0.877. The molecule has 4 heteroatoms. The first-order valence-corrected chi connectivity index (χ1v) is 7.15. The van der Waals surface area contributed by atoms with E-state index in [2.05, 4.69) is 9.55 Å². The number of hydrogen-bond donors (Lipinski definition) is 1. The van der Waals surface area contributed by atoms with Gasteiger partial charge in [-0.1, -0.05) is 18.2 Å². The number of imidazole rings is 1. The molecule has 1 heterocycles. The van der Waals surface area contributed by atoms with Crippen LogP contribution in [-0.2, 0) is 6.42 Å². The standard InChI is InChI=1S/C17H15FN2O/c18-14-2-1-3-15-17(14)19-16(20(15)12-6-7-12)10-11-4-8-13(21)9-5-11/h1-5,8-9,12,21H,6-7,10H2. The molecule has 0 spiro atoms. The normalized spacial score (nSPS) is 14.7. The van der Waals surface area contributed by atoms with Crippen LogP contribution in [0.5, 0.6) is 5.75 Å². The van der Waals surface area contributed by atoms with Gasteiger partial charge in [0.25, 0.3) is 0 Å². The Balaban J connectivity index is 1.82. The van der Waals surface area contributed by atoms with Crippen LogP contribution in [0.3, 0.4) is 0 Å². The van der Waals surface area contributed by atoms with Crippen molar-refractivity contribution in [2.45, 2.75) is 25.3 Å². The number of benzene rings is 2. The minimum atomic E-state index is -0.265. The van der Waals surface area contributed by atoms with E-state index in [1.165, 1.54) is 6.07 Å². The lowest BCUT2D eigenvalue weighted by atomic mass is 10.1. The third-order valence-electron chi connectivity index (χ3n) is 3.95. The van der Waals surface area contributed by atoms with Crippen LogP contribution in [-0.4, -0.2) is 14.7 Å². The molecule has 1 N–H and O–H groups in total. The van der Waals surface area contributed by atoms with E-state index in [1.54, 1.807) is 18.2 Å². The summed E-state index contributed by atoms with van der Waals surface area (Å²) in [6.07, 6.45) is 2.90. The highest BCUT2D eigenvalue weighted by Gasteiger charge is 2.28.